The van der Waals surface area contributed by atoms with Crippen LogP contribution in [-0.4, -0.2) is 6.54 Å². The normalized spacial score (nSPS) is 24.4. The predicted octanol–water partition coefficient (Wildman–Crippen LogP) is 6.14. The molecule has 1 aliphatic rings. The number of halogens is 2. The minimum atomic E-state index is 0.439. The molecule has 2 rings (SSSR count). The second-order valence-electron chi connectivity index (χ2n) is 6.15. The third-order valence-corrected chi connectivity index (χ3v) is 7.73. The van der Waals surface area contributed by atoms with Crippen LogP contribution >= 0.6 is 43.2 Å². The van der Waals surface area contributed by atoms with Crippen LogP contribution in [0.5, 0.6) is 0 Å². The van der Waals surface area contributed by atoms with Gasteiger partial charge in [0.1, 0.15) is 0 Å². The predicted molar refractivity (Wildman–Crippen MR) is 91.9 cm³/mol. The van der Waals surface area contributed by atoms with E-state index in [9.17, 15) is 0 Å². The molecule has 0 aliphatic heterocycles. The summed E-state index contributed by atoms with van der Waals surface area (Å²) in [6, 6.07) is 2.78. The second-order valence-corrected chi connectivity index (χ2v) is 9.40. The zero-order valence-corrected chi connectivity index (χ0v) is 15.9. The highest BCUT2D eigenvalue weighted by molar-refractivity contribution is 9.13. The van der Waals surface area contributed by atoms with Crippen molar-refractivity contribution in [3.63, 3.8) is 0 Å². The number of thiophene rings is 1. The lowest BCUT2D eigenvalue weighted by Crippen LogP contribution is -2.38. The highest BCUT2D eigenvalue weighted by atomic mass is 79.9. The van der Waals surface area contributed by atoms with Gasteiger partial charge in [-0.2, -0.15) is 0 Å². The van der Waals surface area contributed by atoms with Gasteiger partial charge in [-0.05, 0) is 68.6 Å². The van der Waals surface area contributed by atoms with E-state index in [1.165, 1.54) is 38.8 Å². The molecule has 1 fully saturated rings. The summed E-state index contributed by atoms with van der Waals surface area (Å²) in [6.45, 7) is 8.13. The van der Waals surface area contributed by atoms with Crippen LogP contribution in [0.2, 0.25) is 0 Å². The minimum absolute atomic E-state index is 0.439. The third-order valence-electron chi connectivity index (χ3n) is 4.39. The van der Waals surface area contributed by atoms with Crippen LogP contribution in [0.25, 0.3) is 0 Å². The fourth-order valence-electron chi connectivity index (χ4n) is 3.32. The molecule has 1 aliphatic carbocycles. The molecule has 1 aromatic heterocycles. The Hall–Kier alpha value is 0.620. The Morgan fingerprint density at radius 2 is 2.16 bits per heavy atom. The van der Waals surface area contributed by atoms with Crippen LogP contribution in [0, 0.1) is 11.3 Å². The first kappa shape index (κ1) is 16.0. The van der Waals surface area contributed by atoms with E-state index in [1.54, 1.807) is 0 Å². The molecule has 1 aromatic rings. The lowest BCUT2D eigenvalue weighted by Gasteiger charge is -2.43. The standard InChI is InChI=1S/C15H23Br2NS/c1-4-18-13(12-9-11(16)14(17)19-12)10-7-5-6-8-15(10,2)3/h9-10,13,18H,4-8H2,1-3H3. The monoisotopic (exact) mass is 407 g/mol. The highest BCUT2D eigenvalue weighted by Crippen LogP contribution is 2.49. The minimum Gasteiger partial charge on any atom is -0.309 e. The molecule has 0 spiro atoms. The van der Waals surface area contributed by atoms with Gasteiger partial charge >= 0.3 is 0 Å². The molecule has 19 heavy (non-hydrogen) atoms. The van der Waals surface area contributed by atoms with Crippen LogP contribution in [0.1, 0.15) is 57.4 Å². The van der Waals surface area contributed by atoms with Crippen molar-refractivity contribution in [2.75, 3.05) is 6.54 Å². The topological polar surface area (TPSA) is 12.0 Å². The highest BCUT2D eigenvalue weighted by Gasteiger charge is 2.38. The fourth-order valence-corrected chi connectivity index (χ4v) is 5.55. The largest absolute Gasteiger partial charge is 0.309 e. The molecule has 108 valence electrons. The Morgan fingerprint density at radius 1 is 1.42 bits per heavy atom. The molecule has 1 saturated carbocycles. The van der Waals surface area contributed by atoms with Gasteiger partial charge in [0.05, 0.1) is 3.79 Å². The quantitative estimate of drug-likeness (QED) is 0.630. The molecule has 2 unspecified atom stereocenters. The maximum absolute atomic E-state index is 3.73. The number of hydrogen-bond donors (Lipinski definition) is 1. The van der Waals surface area contributed by atoms with Gasteiger partial charge in [-0.25, -0.2) is 0 Å². The molecule has 1 N–H and O–H groups in total. The molecular weight excluding hydrogens is 386 g/mol. The smallest absolute Gasteiger partial charge is 0.0843 e. The number of rotatable bonds is 4. The van der Waals surface area contributed by atoms with E-state index in [2.05, 4.69) is 64.0 Å². The summed E-state index contributed by atoms with van der Waals surface area (Å²) >= 11 is 9.12. The van der Waals surface area contributed by atoms with Crippen molar-refractivity contribution in [2.24, 2.45) is 11.3 Å². The zero-order valence-electron chi connectivity index (χ0n) is 11.9. The zero-order chi connectivity index (χ0) is 14.0. The third kappa shape index (κ3) is 3.63. The number of hydrogen-bond acceptors (Lipinski definition) is 2. The summed E-state index contributed by atoms with van der Waals surface area (Å²) in [5, 5.41) is 3.73. The molecule has 0 amide bonds. The van der Waals surface area contributed by atoms with Crippen molar-refractivity contribution in [3.05, 3.63) is 19.2 Å². The molecule has 2 atom stereocenters. The average Bonchev–Trinajstić information content (AvgIpc) is 2.67. The van der Waals surface area contributed by atoms with Crippen molar-refractivity contribution in [2.45, 2.75) is 52.5 Å². The van der Waals surface area contributed by atoms with Crippen molar-refractivity contribution in [1.82, 2.24) is 5.32 Å². The Bertz CT molecular complexity index is 408. The van der Waals surface area contributed by atoms with Crippen LogP contribution < -0.4 is 5.32 Å². The van der Waals surface area contributed by atoms with Crippen molar-refractivity contribution in [1.29, 1.82) is 0 Å². The lowest BCUT2D eigenvalue weighted by molar-refractivity contribution is 0.100. The Labute approximate surface area is 137 Å². The van der Waals surface area contributed by atoms with E-state index in [0.29, 0.717) is 11.5 Å². The Morgan fingerprint density at radius 3 is 2.68 bits per heavy atom. The summed E-state index contributed by atoms with van der Waals surface area (Å²) in [7, 11) is 0. The van der Waals surface area contributed by atoms with Crippen molar-refractivity contribution in [3.8, 4) is 0 Å². The summed E-state index contributed by atoms with van der Waals surface area (Å²) in [5.41, 5.74) is 0.439. The maximum Gasteiger partial charge on any atom is 0.0843 e. The van der Waals surface area contributed by atoms with Crippen LogP contribution in [-0.2, 0) is 0 Å². The van der Waals surface area contributed by atoms with E-state index < -0.39 is 0 Å². The Kier molecular flexibility index (Phi) is 5.55. The molecule has 0 saturated heterocycles. The van der Waals surface area contributed by atoms with Gasteiger partial charge in [-0.15, -0.1) is 11.3 Å². The molecule has 1 nitrogen and oxygen atoms in total. The lowest BCUT2D eigenvalue weighted by atomic mass is 9.65. The van der Waals surface area contributed by atoms with Gasteiger partial charge < -0.3 is 5.32 Å². The average molecular weight is 409 g/mol. The van der Waals surface area contributed by atoms with Gasteiger partial charge in [0.25, 0.3) is 0 Å². The second kappa shape index (κ2) is 6.59. The summed E-state index contributed by atoms with van der Waals surface area (Å²) < 4.78 is 2.39. The molecule has 0 radical (unpaired) electrons. The molecular formula is C15H23Br2NS. The number of nitrogens with one attached hydrogen (secondary N) is 1. The van der Waals surface area contributed by atoms with Crippen LogP contribution in [0.3, 0.4) is 0 Å². The fraction of sp³-hybridized carbons (Fsp3) is 0.733. The maximum atomic E-state index is 3.73. The van der Waals surface area contributed by atoms with E-state index in [4.69, 9.17) is 0 Å². The van der Waals surface area contributed by atoms with Crippen molar-refractivity contribution < 1.29 is 0 Å². The summed E-state index contributed by atoms with van der Waals surface area (Å²) in [5.74, 6) is 0.735. The van der Waals surface area contributed by atoms with Crippen LogP contribution in [0.15, 0.2) is 14.3 Å². The SMILES string of the molecule is CCNC(c1cc(Br)c(Br)s1)C1CCCCC1(C)C. The van der Waals surface area contributed by atoms with Gasteiger partial charge in [0.2, 0.25) is 0 Å². The molecule has 0 bridgehead atoms. The van der Waals surface area contributed by atoms with E-state index in [0.717, 1.165) is 12.5 Å². The Balaban J connectivity index is 2.28. The van der Waals surface area contributed by atoms with E-state index >= 15 is 0 Å². The summed E-state index contributed by atoms with van der Waals surface area (Å²) in [6.07, 6.45) is 5.47. The van der Waals surface area contributed by atoms with E-state index in [-0.39, 0.29) is 0 Å². The first-order valence-corrected chi connectivity index (χ1v) is 9.54. The first-order chi connectivity index (χ1) is 8.95. The van der Waals surface area contributed by atoms with Crippen LogP contribution in [0.4, 0.5) is 0 Å². The van der Waals surface area contributed by atoms with Crippen molar-refractivity contribution >= 4 is 43.2 Å². The molecule has 0 aromatic carbocycles. The van der Waals surface area contributed by atoms with E-state index in [1.807, 2.05) is 11.3 Å². The molecule has 1 heterocycles. The van der Waals surface area contributed by atoms with Gasteiger partial charge in [0.15, 0.2) is 0 Å². The van der Waals surface area contributed by atoms with Gasteiger partial charge in [0, 0.05) is 15.4 Å². The van der Waals surface area contributed by atoms with Gasteiger partial charge in [-0.3, -0.25) is 0 Å². The first-order valence-electron chi connectivity index (χ1n) is 7.14. The molecule has 4 heteroatoms. The van der Waals surface area contributed by atoms with Gasteiger partial charge in [-0.1, -0.05) is 33.6 Å². The summed E-state index contributed by atoms with van der Waals surface area (Å²) in [4.78, 5) is 1.46.